The summed E-state index contributed by atoms with van der Waals surface area (Å²) < 4.78 is 21.1. The number of ketones is 1. The van der Waals surface area contributed by atoms with E-state index in [9.17, 15) is 19.2 Å². The highest BCUT2D eigenvalue weighted by atomic mass is 16.5. The predicted molar refractivity (Wildman–Crippen MR) is 138 cm³/mol. The van der Waals surface area contributed by atoms with Gasteiger partial charge in [-0.05, 0) is 73.7 Å². The fourth-order valence-electron chi connectivity index (χ4n) is 3.97. The van der Waals surface area contributed by atoms with Gasteiger partial charge in [0, 0.05) is 24.2 Å². The number of rotatable bonds is 10. The molecule has 0 bridgehead atoms. The maximum absolute atomic E-state index is 12.6. The molecule has 0 unspecified atom stereocenters. The molecule has 9 nitrogen and oxygen atoms in total. The predicted octanol–water partition coefficient (Wildman–Crippen LogP) is 4.09. The zero-order valence-electron chi connectivity index (χ0n) is 21.0. The normalized spacial score (nSPS) is 14.6. The number of esters is 2. The number of carbonyl (C=O) groups excluding carboxylic acids is 4. The molecular weight excluding hydrogens is 490 g/mol. The van der Waals surface area contributed by atoms with E-state index < -0.39 is 30.2 Å². The molecule has 0 aromatic heterocycles. The molecule has 9 heteroatoms. The third kappa shape index (κ3) is 6.36. The molecule has 1 saturated heterocycles. The van der Waals surface area contributed by atoms with E-state index in [1.54, 1.807) is 48.5 Å². The molecule has 1 aliphatic heterocycles. The van der Waals surface area contributed by atoms with Gasteiger partial charge in [-0.3, -0.25) is 14.4 Å². The summed E-state index contributed by atoms with van der Waals surface area (Å²) in [5.74, 6) is -0.976. The maximum atomic E-state index is 12.6. The zero-order valence-corrected chi connectivity index (χ0v) is 21.0. The topological polar surface area (TPSA) is 108 Å². The van der Waals surface area contributed by atoms with Crippen LogP contribution in [-0.4, -0.2) is 50.5 Å². The molecule has 4 rings (SSSR count). The smallest absolute Gasteiger partial charge is 0.343 e. The van der Waals surface area contributed by atoms with Gasteiger partial charge >= 0.3 is 11.9 Å². The molecule has 0 radical (unpaired) electrons. The van der Waals surface area contributed by atoms with Gasteiger partial charge in [0.1, 0.15) is 17.2 Å². The largest absolute Gasteiger partial charge is 0.497 e. The first-order chi connectivity index (χ1) is 18.4. The van der Waals surface area contributed by atoms with Crippen LogP contribution in [0.2, 0.25) is 0 Å². The van der Waals surface area contributed by atoms with Crippen molar-refractivity contribution >= 4 is 29.3 Å². The van der Waals surface area contributed by atoms with Crippen LogP contribution in [-0.2, 0) is 14.3 Å². The lowest BCUT2D eigenvalue weighted by molar-refractivity contribution is -0.147. The second-order valence-corrected chi connectivity index (χ2v) is 8.51. The lowest BCUT2D eigenvalue weighted by Gasteiger charge is -2.17. The number of anilines is 1. The highest BCUT2D eigenvalue weighted by Gasteiger charge is 2.36. The van der Waals surface area contributed by atoms with E-state index in [-0.39, 0.29) is 30.2 Å². The Kier molecular flexibility index (Phi) is 8.37. The molecule has 38 heavy (non-hydrogen) atoms. The van der Waals surface area contributed by atoms with Crippen LogP contribution in [0.25, 0.3) is 0 Å². The molecular formula is C29H27NO8. The average Bonchev–Trinajstić information content (AvgIpc) is 3.34. The first-order valence-electron chi connectivity index (χ1n) is 12.1. The van der Waals surface area contributed by atoms with Gasteiger partial charge in [-0.1, -0.05) is 6.07 Å². The number of carbonyl (C=O) groups is 4. The van der Waals surface area contributed by atoms with Crippen molar-refractivity contribution in [3.63, 3.8) is 0 Å². The molecule has 3 aromatic carbocycles. The van der Waals surface area contributed by atoms with E-state index in [1.807, 2.05) is 6.92 Å². The average molecular weight is 518 g/mol. The van der Waals surface area contributed by atoms with Crippen molar-refractivity contribution in [1.82, 2.24) is 0 Å². The Labute approximate surface area is 219 Å². The van der Waals surface area contributed by atoms with Crippen LogP contribution in [0, 0.1) is 5.92 Å². The zero-order chi connectivity index (χ0) is 27.1. The van der Waals surface area contributed by atoms with E-state index in [2.05, 4.69) is 0 Å². The number of amides is 1. The third-order valence-corrected chi connectivity index (χ3v) is 5.96. The summed E-state index contributed by atoms with van der Waals surface area (Å²) in [6.45, 7) is 2.13. The summed E-state index contributed by atoms with van der Waals surface area (Å²) in [5.41, 5.74) is 1.28. The van der Waals surface area contributed by atoms with Crippen LogP contribution < -0.4 is 19.1 Å². The second kappa shape index (κ2) is 12.1. The van der Waals surface area contributed by atoms with Crippen molar-refractivity contribution in [1.29, 1.82) is 0 Å². The van der Waals surface area contributed by atoms with Gasteiger partial charge in [0.15, 0.2) is 12.4 Å². The van der Waals surface area contributed by atoms with Crippen LogP contribution in [0.15, 0.2) is 72.8 Å². The van der Waals surface area contributed by atoms with E-state index in [4.69, 9.17) is 18.9 Å². The highest BCUT2D eigenvalue weighted by molar-refractivity contribution is 6.01. The summed E-state index contributed by atoms with van der Waals surface area (Å²) in [4.78, 5) is 51.4. The maximum Gasteiger partial charge on any atom is 0.343 e. The van der Waals surface area contributed by atoms with Crippen LogP contribution in [0.3, 0.4) is 0 Å². The van der Waals surface area contributed by atoms with Gasteiger partial charge in [-0.15, -0.1) is 0 Å². The lowest BCUT2D eigenvalue weighted by Crippen LogP contribution is -2.27. The Hall–Kier alpha value is -4.66. The third-order valence-electron chi connectivity index (χ3n) is 5.96. The number of hydrogen-bond donors (Lipinski definition) is 0. The summed E-state index contributed by atoms with van der Waals surface area (Å²) in [6.07, 6.45) is 0.00753. The van der Waals surface area contributed by atoms with Crippen LogP contribution >= 0.6 is 0 Å². The minimum atomic E-state index is -0.666. The van der Waals surface area contributed by atoms with Crippen LogP contribution in [0.4, 0.5) is 5.69 Å². The molecule has 1 fully saturated rings. The second-order valence-electron chi connectivity index (χ2n) is 8.51. The Bertz CT molecular complexity index is 1320. The van der Waals surface area contributed by atoms with Crippen molar-refractivity contribution < 1.29 is 38.1 Å². The van der Waals surface area contributed by atoms with Crippen LogP contribution in [0.5, 0.6) is 17.2 Å². The van der Waals surface area contributed by atoms with E-state index in [1.165, 1.54) is 36.3 Å². The molecule has 1 aliphatic rings. The van der Waals surface area contributed by atoms with Crippen LogP contribution in [0.1, 0.15) is 34.1 Å². The monoisotopic (exact) mass is 517 g/mol. The minimum absolute atomic E-state index is 0.00753. The minimum Gasteiger partial charge on any atom is -0.497 e. The van der Waals surface area contributed by atoms with Crippen molar-refractivity contribution in [3.8, 4) is 17.2 Å². The van der Waals surface area contributed by atoms with Gasteiger partial charge in [0.25, 0.3) is 0 Å². The quantitative estimate of drug-likeness (QED) is 0.225. The summed E-state index contributed by atoms with van der Waals surface area (Å²) in [6, 6.07) is 19.5. The molecule has 1 amide bonds. The molecule has 196 valence electrons. The van der Waals surface area contributed by atoms with Gasteiger partial charge < -0.3 is 23.8 Å². The molecule has 0 saturated carbocycles. The summed E-state index contributed by atoms with van der Waals surface area (Å²) in [7, 11) is 1.50. The van der Waals surface area contributed by atoms with Gasteiger partial charge in [0.2, 0.25) is 5.91 Å². The molecule has 3 aromatic rings. The van der Waals surface area contributed by atoms with E-state index in [0.717, 1.165) is 0 Å². The van der Waals surface area contributed by atoms with Crippen molar-refractivity contribution in [2.24, 2.45) is 5.92 Å². The van der Waals surface area contributed by atoms with Crippen molar-refractivity contribution in [2.75, 3.05) is 31.8 Å². The Morgan fingerprint density at radius 3 is 2.29 bits per heavy atom. The lowest BCUT2D eigenvalue weighted by atomic mass is 10.1. The Morgan fingerprint density at radius 2 is 1.61 bits per heavy atom. The number of nitrogens with zero attached hydrogens (tertiary/aromatic N) is 1. The van der Waals surface area contributed by atoms with E-state index in [0.29, 0.717) is 29.4 Å². The standard InChI is InChI=1S/C29H27NO8/c1-3-36-23-13-9-22(10-14-23)30-17-21(16-27(30)32)28(33)37-18-26(31)19-7-11-24(12-8-19)38-29(34)20-5-4-6-25(15-20)35-2/h4-15,21H,3,16-18H2,1-2H3/t21-/m0/s1. The first-order valence-corrected chi connectivity index (χ1v) is 12.1. The number of benzene rings is 3. The SMILES string of the molecule is CCOc1ccc(N2C[C@@H](C(=O)OCC(=O)c3ccc(OC(=O)c4cccc(OC)c4)cc3)CC2=O)cc1. The summed E-state index contributed by atoms with van der Waals surface area (Å²) >= 11 is 0. The Balaban J connectivity index is 1.28. The van der Waals surface area contributed by atoms with E-state index >= 15 is 0 Å². The fourth-order valence-corrected chi connectivity index (χ4v) is 3.97. The number of methoxy groups -OCH3 is 1. The first kappa shape index (κ1) is 26.4. The van der Waals surface area contributed by atoms with Crippen molar-refractivity contribution in [3.05, 3.63) is 83.9 Å². The van der Waals surface area contributed by atoms with Gasteiger partial charge in [-0.25, -0.2) is 4.79 Å². The van der Waals surface area contributed by atoms with Gasteiger partial charge in [0.05, 0.1) is 25.2 Å². The van der Waals surface area contributed by atoms with Crippen molar-refractivity contribution in [2.45, 2.75) is 13.3 Å². The highest BCUT2D eigenvalue weighted by Crippen LogP contribution is 2.27. The molecule has 0 spiro atoms. The molecule has 0 aliphatic carbocycles. The Morgan fingerprint density at radius 1 is 0.895 bits per heavy atom. The summed E-state index contributed by atoms with van der Waals surface area (Å²) in [5, 5.41) is 0. The van der Waals surface area contributed by atoms with Gasteiger partial charge in [-0.2, -0.15) is 0 Å². The number of Topliss-reactive ketones (excluding diaryl/α,β-unsaturated/α-hetero) is 1. The molecule has 0 N–H and O–H groups in total. The number of hydrogen-bond acceptors (Lipinski definition) is 8. The number of ether oxygens (including phenoxy) is 4. The molecule has 1 heterocycles. The molecule has 1 atom stereocenters. The fraction of sp³-hybridized carbons (Fsp3) is 0.241.